The predicted octanol–water partition coefficient (Wildman–Crippen LogP) is 5.66. The van der Waals surface area contributed by atoms with Crippen LogP contribution in [0.1, 0.15) is 15.9 Å². The van der Waals surface area contributed by atoms with Crippen LogP contribution >= 0.6 is 23.2 Å². The Kier molecular flexibility index (Phi) is 6.19. The Hall–Kier alpha value is -2.60. The van der Waals surface area contributed by atoms with Crippen molar-refractivity contribution in [1.82, 2.24) is 0 Å². The van der Waals surface area contributed by atoms with Crippen LogP contribution in [0.3, 0.4) is 0 Å². The number of hydrogen-bond donors (Lipinski definition) is 0. The van der Waals surface area contributed by atoms with E-state index in [1.165, 1.54) is 36.4 Å². The molecule has 3 aromatic rings. The van der Waals surface area contributed by atoms with E-state index in [0.717, 1.165) is 5.56 Å². The van der Waals surface area contributed by atoms with Crippen molar-refractivity contribution in [1.29, 1.82) is 0 Å². The van der Waals surface area contributed by atoms with Gasteiger partial charge in [-0.1, -0.05) is 71.7 Å². The largest absolute Gasteiger partial charge is 0.379 e. The molecule has 0 atom stereocenters. The summed E-state index contributed by atoms with van der Waals surface area (Å²) < 4.78 is 29.9. The van der Waals surface area contributed by atoms with Crippen molar-refractivity contribution in [2.75, 3.05) is 0 Å². The first-order valence-corrected chi connectivity index (χ1v) is 10.3. The van der Waals surface area contributed by atoms with Gasteiger partial charge in [0.2, 0.25) is 0 Å². The fourth-order valence-electron chi connectivity index (χ4n) is 2.35. The minimum absolute atomic E-state index is 0.0170. The van der Waals surface area contributed by atoms with E-state index in [9.17, 15) is 13.2 Å². The van der Waals surface area contributed by atoms with E-state index >= 15 is 0 Å². The average Bonchev–Trinajstić information content (AvgIpc) is 2.69. The molecule has 142 valence electrons. The molecule has 0 aliphatic carbocycles. The van der Waals surface area contributed by atoms with Gasteiger partial charge in [0.25, 0.3) is 0 Å². The summed E-state index contributed by atoms with van der Waals surface area (Å²) in [5.74, 6) is -0.0123. The fraction of sp³-hybridized carbons (Fsp3) is 0. The Morgan fingerprint density at radius 2 is 1.57 bits per heavy atom. The predicted molar refractivity (Wildman–Crippen MR) is 111 cm³/mol. The molecule has 0 saturated carbocycles. The van der Waals surface area contributed by atoms with Gasteiger partial charge in [-0.2, -0.15) is 8.42 Å². The lowest BCUT2D eigenvalue weighted by atomic mass is 10.1. The molecular weight excluding hydrogens is 419 g/mol. The number of allylic oxidation sites excluding steroid dienone is 1. The summed E-state index contributed by atoms with van der Waals surface area (Å²) in [4.78, 5) is 11.9. The topological polar surface area (TPSA) is 60.4 Å². The second-order valence-corrected chi connectivity index (χ2v) is 8.10. The molecule has 7 heteroatoms. The molecule has 0 aromatic heterocycles. The molecule has 3 rings (SSSR count). The first-order chi connectivity index (χ1) is 13.3. The van der Waals surface area contributed by atoms with Gasteiger partial charge in [-0.25, -0.2) is 0 Å². The third kappa shape index (κ3) is 5.01. The van der Waals surface area contributed by atoms with E-state index < -0.39 is 10.1 Å². The highest BCUT2D eigenvalue weighted by Gasteiger charge is 2.20. The molecule has 0 aliphatic rings. The smallest absolute Gasteiger partial charge is 0.340 e. The highest BCUT2D eigenvalue weighted by Crippen LogP contribution is 2.28. The van der Waals surface area contributed by atoms with E-state index in [4.69, 9.17) is 27.4 Å². The van der Waals surface area contributed by atoms with E-state index in [2.05, 4.69) is 0 Å². The first-order valence-electron chi connectivity index (χ1n) is 8.12. The van der Waals surface area contributed by atoms with Gasteiger partial charge in [0.1, 0.15) is 10.6 Å². The number of hydrogen-bond acceptors (Lipinski definition) is 4. The van der Waals surface area contributed by atoms with Crippen molar-refractivity contribution in [3.05, 3.63) is 100 Å². The number of carbonyl (C=O) groups excluding carboxylic acids is 1. The van der Waals surface area contributed by atoms with Crippen LogP contribution in [0.25, 0.3) is 6.08 Å². The fourth-order valence-corrected chi connectivity index (χ4v) is 4.02. The van der Waals surface area contributed by atoms with Crippen LogP contribution in [0.15, 0.2) is 83.8 Å². The maximum atomic E-state index is 12.4. The minimum Gasteiger partial charge on any atom is -0.379 e. The Morgan fingerprint density at radius 3 is 2.25 bits per heavy atom. The van der Waals surface area contributed by atoms with E-state index in [1.807, 2.05) is 6.07 Å². The van der Waals surface area contributed by atoms with Gasteiger partial charge < -0.3 is 4.18 Å². The van der Waals surface area contributed by atoms with Gasteiger partial charge in [-0.05, 0) is 42.0 Å². The van der Waals surface area contributed by atoms with Gasteiger partial charge in [0, 0.05) is 10.6 Å². The van der Waals surface area contributed by atoms with Crippen LogP contribution in [0.5, 0.6) is 5.75 Å². The molecule has 0 bridgehead atoms. The summed E-state index contributed by atoms with van der Waals surface area (Å²) in [6.45, 7) is 0. The lowest BCUT2D eigenvalue weighted by Crippen LogP contribution is -2.10. The highest BCUT2D eigenvalue weighted by molar-refractivity contribution is 7.87. The zero-order chi connectivity index (χ0) is 20.1. The van der Waals surface area contributed by atoms with Gasteiger partial charge >= 0.3 is 10.1 Å². The van der Waals surface area contributed by atoms with Crippen molar-refractivity contribution >= 4 is 45.2 Å². The molecule has 4 nitrogen and oxygen atoms in total. The van der Waals surface area contributed by atoms with Crippen molar-refractivity contribution in [3.63, 3.8) is 0 Å². The summed E-state index contributed by atoms with van der Waals surface area (Å²) >= 11 is 11.8. The highest BCUT2D eigenvalue weighted by atomic mass is 35.5. The summed E-state index contributed by atoms with van der Waals surface area (Å²) in [6.07, 6.45) is 3.09. The van der Waals surface area contributed by atoms with Gasteiger partial charge in [0.15, 0.2) is 5.78 Å². The zero-order valence-electron chi connectivity index (χ0n) is 14.4. The average molecular weight is 433 g/mol. The molecule has 0 aliphatic heterocycles. The quantitative estimate of drug-likeness (QED) is 0.286. The van der Waals surface area contributed by atoms with Crippen molar-refractivity contribution in [3.8, 4) is 5.75 Å². The second-order valence-electron chi connectivity index (χ2n) is 5.74. The molecule has 28 heavy (non-hydrogen) atoms. The van der Waals surface area contributed by atoms with E-state index in [0.29, 0.717) is 5.56 Å². The van der Waals surface area contributed by atoms with E-state index in [1.54, 1.807) is 42.5 Å². The van der Waals surface area contributed by atoms with Crippen LogP contribution in [0, 0.1) is 0 Å². The van der Waals surface area contributed by atoms with Crippen LogP contribution in [0.2, 0.25) is 10.0 Å². The molecule has 0 saturated heterocycles. The minimum atomic E-state index is -4.13. The van der Waals surface area contributed by atoms with Crippen LogP contribution < -0.4 is 4.18 Å². The Morgan fingerprint density at radius 1 is 0.893 bits per heavy atom. The lowest BCUT2D eigenvalue weighted by Gasteiger charge is -2.09. The Balaban J connectivity index is 1.73. The molecule has 0 fully saturated rings. The monoisotopic (exact) mass is 432 g/mol. The summed E-state index contributed by atoms with van der Waals surface area (Å²) in [6, 6.07) is 19.2. The summed E-state index contributed by atoms with van der Waals surface area (Å²) in [7, 11) is -4.13. The van der Waals surface area contributed by atoms with Crippen molar-refractivity contribution in [2.45, 2.75) is 4.90 Å². The maximum absolute atomic E-state index is 12.4. The molecule has 0 amide bonds. The second kappa shape index (κ2) is 8.61. The third-order valence-corrected chi connectivity index (χ3v) is 5.70. The molecule has 0 heterocycles. The molecule has 3 aromatic carbocycles. The number of benzene rings is 3. The van der Waals surface area contributed by atoms with Crippen molar-refractivity contribution < 1.29 is 17.4 Å². The number of ketones is 1. The van der Waals surface area contributed by atoms with Gasteiger partial charge in [-0.15, -0.1) is 0 Å². The normalized spacial score (nSPS) is 11.5. The molecule has 0 spiro atoms. The maximum Gasteiger partial charge on any atom is 0.340 e. The Bertz CT molecular complexity index is 1120. The number of rotatable bonds is 6. The standard InChI is InChI=1S/C21H14Cl2O4S/c22-17-9-12-19(23)21(14-17)28(25,26)27-18-10-6-15(7-11-18)8-13-20(24)16-4-2-1-3-5-16/h1-14H/b13-8-. The van der Waals surface area contributed by atoms with Crippen LogP contribution in [-0.2, 0) is 10.1 Å². The lowest BCUT2D eigenvalue weighted by molar-refractivity contribution is 0.104. The molecular formula is C21H14Cl2O4S. The van der Waals surface area contributed by atoms with Crippen LogP contribution in [0.4, 0.5) is 0 Å². The SMILES string of the molecule is O=C(/C=C\c1ccc(OS(=O)(=O)c2cc(Cl)ccc2Cl)cc1)c1ccccc1. The summed E-state index contributed by atoms with van der Waals surface area (Å²) in [5, 5.41) is 0.249. The number of halogens is 2. The van der Waals surface area contributed by atoms with Crippen molar-refractivity contribution in [2.24, 2.45) is 0 Å². The van der Waals surface area contributed by atoms with Gasteiger partial charge in [-0.3, -0.25) is 4.79 Å². The zero-order valence-corrected chi connectivity index (χ0v) is 16.7. The molecule has 0 unspecified atom stereocenters. The first kappa shape index (κ1) is 20.1. The third-order valence-electron chi connectivity index (χ3n) is 3.73. The molecule has 0 N–H and O–H groups in total. The van der Waals surface area contributed by atoms with Gasteiger partial charge in [0.05, 0.1) is 5.02 Å². The summed E-state index contributed by atoms with van der Waals surface area (Å²) in [5.41, 5.74) is 1.30. The van der Waals surface area contributed by atoms with Crippen LogP contribution in [-0.4, -0.2) is 14.2 Å². The van der Waals surface area contributed by atoms with E-state index in [-0.39, 0.29) is 26.5 Å². The molecule has 0 radical (unpaired) electrons. The number of carbonyl (C=O) groups is 1. The Labute approximate surface area is 173 Å².